The summed E-state index contributed by atoms with van der Waals surface area (Å²) in [7, 11) is 1.41. The summed E-state index contributed by atoms with van der Waals surface area (Å²) in [6.45, 7) is 0.974. The Morgan fingerprint density at radius 3 is 2.85 bits per heavy atom. The van der Waals surface area contributed by atoms with Crippen LogP contribution in [0.3, 0.4) is 0 Å². The number of carbonyl (C=O) groups is 1. The molecule has 3 rings (SSSR count). The molecule has 0 radical (unpaired) electrons. The number of nitrogens with zero attached hydrogens (tertiary/aromatic N) is 1. The Bertz CT molecular complexity index is 636. The van der Waals surface area contributed by atoms with E-state index in [-0.39, 0.29) is 5.97 Å². The van der Waals surface area contributed by atoms with E-state index >= 15 is 0 Å². The molecule has 1 heterocycles. The van der Waals surface area contributed by atoms with Gasteiger partial charge in [0.1, 0.15) is 0 Å². The third-order valence-corrected chi connectivity index (χ3v) is 3.69. The van der Waals surface area contributed by atoms with Crippen LogP contribution in [0, 0.1) is 0 Å². The number of rotatable bonds is 2. The Morgan fingerprint density at radius 1 is 1.15 bits per heavy atom. The van der Waals surface area contributed by atoms with Crippen molar-refractivity contribution < 1.29 is 9.53 Å². The summed E-state index contributed by atoms with van der Waals surface area (Å²) in [5.74, 6) is -0.294. The number of para-hydroxylation sites is 1. The van der Waals surface area contributed by atoms with Gasteiger partial charge in [-0.3, -0.25) is 0 Å². The van der Waals surface area contributed by atoms with Crippen molar-refractivity contribution in [3.05, 3.63) is 59.7 Å². The monoisotopic (exact) mass is 267 g/mol. The minimum atomic E-state index is -0.294. The van der Waals surface area contributed by atoms with Crippen LogP contribution in [0.1, 0.15) is 22.3 Å². The van der Waals surface area contributed by atoms with E-state index in [1.165, 1.54) is 18.4 Å². The van der Waals surface area contributed by atoms with Crippen LogP contribution in [0.25, 0.3) is 0 Å². The fraction of sp³-hybridized carbons (Fsp3) is 0.235. The Balaban J connectivity index is 2.00. The van der Waals surface area contributed by atoms with Crippen LogP contribution in [0.5, 0.6) is 0 Å². The molecule has 3 heteroatoms. The van der Waals surface area contributed by atoms with Crippen LogP contribution in [-0.4, -0.2) is 19.6 Å². The summed E-state index contributed by atoms with van der Waals surface area (Å²) < 4.78 is 4.79. The lowest BCUT2D eigenvalue weighted by Gasteiger charge is -2.31. The van der Waals surface area contributed by atoms with E-state index in [2.05, 4.69) is 29.2 Å². The SMILES string of the molecule is COC(=O)c1cccc(N2CCCc3ccccc32)c1. The van der Waals surface area contributed by atoms with Gasteiger partial charge < -0.3 is 9.64 Å². The third-order valence-electron chi connectivity index (χ3n) is 3.69. The molecule has 1 aliphatic rings. The van der Waals surface area contributed by atoms with Crippen molar-refractivity contribution >= 4 is 17.3 Å². The number of anilines is 2. The lowest BCUT2D eigenvalue weighted by Crippen LogP contribution is -2.24. The zero-order valence-electron chi connectivity index (χ0n) is 11.5. The molecule has 1 aliphatic heterocycles. The molecule has 0 unspecified atom stereocenters. The largest absolute Gasteiger partial charge is 0.465 e. The molecular formula is C17H17NO2. The molecule has 0 bridgehead atoms. The number of fused-ring (bicyclic) bond motifs is 1. The van der Waals surface area contributed by atoms with Gasteiger partial charge in [-0.05, 0) is 42.7 Å². The van der Waals surface area contributed by atoms with Gasteiger partial charge >= 0.3 is 5.97 Å². The maximum Gasteiger partial charge on any atom is 0.337 e. The molecule has 0 fully saturated rings. The number of esters is 1. The molecule has 0 N–H and O–H groups in total. The van der Waals surface area contributed by atoms with Crippen LogP contribution < -0.4 is 4.90 Å². The van der Waals surface area contributed by atoms with E-state index in [0.29, 0.717) is 5.56 Å². The second-order valence-electron chi connectivity index (χ2n) is 4.93. The molecule has 3 nitrogen and oxygen atoms in total. The van der Waals surface area contributed by atoms with Crippen molar-refractivity contribution in [2.75, 3.05) is 18.6 Å². The normalized spacial score (nSPS) is 13.8. The van der Waals surface area contributed by atoms with Gasteiger partial charge in [-0.1, -0.05) is 24.3 Å². The van der Waals surface area contributed by atoms with Crippen LogP contribution >= 0.6 is 0 Å². The second-order valence-corrected chi connectivity index (χ2v) is 4.93. The first kappa shape index (κ1) is 12.7. The average Bonchev–Trinajstić information content (AvgIpc) is 2.53. The van der Waals surface area contributed by atoms with Gasteiger partial charge in [0.2, 0.25) is 0 Å². The van der Waals surface area contributed by atoms with Crippen molar-refractivity contribution in [2.45, 2.75) is 12.8 Å². The van der Waals surface area contributed by atoms with Crippen LogP contribution in [0.2, 0.25) is 0 Å². The van der Waals surface area contributed by atoms with Gasteiger partial charge in [0.05, 0.1) is 12.7 Å². The number of hydrogen-bond acceptors (Lipinski definition) is 3. The number of hydrogen-bond donors (Lipinski definition) is 0. The van der Waals surface area contributed by atoms with Gasteiger partial charge in [-0.2, -0.15) is 0 Å². The summed E-state index contributed by atoms with van der Waals surface area (Å²) in [4.78, 5) is 13.9. The van der Waals surface area contributed by atoms with E-state index in [9.17, 15) is 4.79 Å². The number of benzene rings is 2. The van der Waals surface area contributed by atoms with E-state index in [4.69, 9.17) is 4.74 Å². The molecule has 2 aromatic rings. The Kier molecular flexibility index (Phi) is 3.42. The predicted octanol–water partition coefficient (Wildman–Crippen LogP) is 3.56. The molecular weight excluding hydrogens is 250 g/mol. The second kappa shape index (κ2) is 5.37. The smallest absolute Gasteiger partial charge is 0.337 e. The van der Waals surface area contributed by atoms with Gasteiger partial charge in [-0.15, -0.1) is 0 Å². The molecule has 0 atom stereocenters. The first-order valence-electron chi connectivity index (χ1n) is 6.83. The molecule has 0 saturated heterocycles. The summed E-state index contributed by atoms with van der Waals surface area (Å²) in [5.41, 5.74) is 4.23. The van der Waals surface area contributed by atoms with Gasteiger partial charge in [0.25, 0.3) is 0 Å². The van der Waals surface area contributed by atoms with E-state index in [1.54, 1.807) is 6.07 Å². The van der Waals surface area contributed by atoms with Crippen LogP contribution in [0.4, 0.5) is 11.4 Å². The van der Waals surface area contributed by atoms with Gasteiger partial charge in [0, 0.05) is 17.9 Å². The fourth-order valence-electron chi connectivity index (χ4n) is 2.72. The number of carbonyl (C=O) groups excluding carboxylic acids is 1. The Labute approximate surface area is 118 Å². The van der Waals surface area contributed by atoms with E-state index in [1.807, 2.05) is 18.2 Å². The van der Waals surface area contributed by atoms with Gasteiger partial charge in [-0.25, -0.2) is 4.79 Å². The summed E-state index contributed by atoms with van der Waals surface area (Å²) >= 11 is 0. The molecule has 0 saturated carbocycles. The highest BCUT2D eigenvalue weighted by atomic mass is 16.5. The molecule has 0 spiro atoms. The third kappa shape index (κ3) is 2.27. The highest BCUT2D eigenvalue weighted by Gasteiger charge is 2.18. The van der Waals surface area contributed by atoms with Crippen molar-refractivity contribution in [1.29, 1.82) is 0 Å². The molecule has 102 valence electrons. The standard InChI is InChI=1S/C17H17NO2/c1-20-17(19)14-7-4-9-15(12-14)18-11-5-8-13-6-2-3-10-16(13)18/h2-4,6-7,9-10,12H,5,8,11H2,1H3. The highest BCUT2D eigenvalue weighted by Crippen LogP contribution is 2.33. The first-order valence-corrected chi connectivity index (χ1v) is 6.83. The maximum absolute atomic E-state index is 11.7. The van der Waals surface area contributed by atoms with Crippen molar-refractivity contribution in [3.63, 3.8) is 0 Å². The van der Waals surface area contributed by atoms with Crippen LogP contribution in [0.15, 0.2) is 48.5 Å². The van der Waals surface area contributed by atoms with Gasteiger partial charge in [0.15, 0.2) is 0 Å². The Morgan fingerprint density at radius 2 is 2.00 bits per heavy atom. The van der Waals surface area contributed by atoms with Crippen molar-refractivity contribution in [1.82, 2.24) is 0 Å². The minimum absolute atomic E-state index is 0.294. The summed E-state index contributed by atoms with van der Waals surface area (Å²) in [6, 6.07) is 16.1. The number of aryl methyl sites for hydroxylation is 1. The van der Waals surface area contributed by atoms with E-state index in [0.717, 1.165) is 25.1 Å². The zero-order chi connectivity index (χ0) is 13.9. The fourth-order valence-corrected chi connectivity index (χ4v) is 2.72. The summed E-state index contributed by atoms with van der Waals surface area (Å²) in [5, 5.41) is 0. The maximum atomic E-state index is 11.7. The highest BCUT2D eigenvalue weighted by molar-refractivity contribution is 5.90. The van der Waals surface area contributed by atoms with Crippen LogP contribution in [-0.2, 0) is 11.2 Å². The molecule has 20 heavy (non-hydrogen) atoms. The molecule has 0 amide bonds. The van der Waals surface area contributed by atoms with Crippen molar-refractivity contribution in [3.8, 4) is 0 Å². The van der Waals surface area contributed by atoms with E-state index < -0.39 is 0 Å². The quantitative estimate of drug-likeness (QED) is 0.779. The summed E-state index contributed by atoms with van der Waals surface area (Å²) in [6.07, 6.45) is 2.24. The minimum Gasteiger partial charge on any atom is -0.465 e. The van der Waals surface area contributed by atoms with Crippen molar-refractivity contribution in [2.24, 2.45) is 0 Å². The lowest BCUT2D eigenvalue weighted by atomic mass is 10.0. The zero-order valence-corrected chi connectivity index (χ0v) is 11.5. The first-order chi connectivity index (χ1) is 9.79. The molecule has 0 aliphatic carbocycles. The topological polar surface area (TPSA) is 29.5 Å². The molecule has 0 aromatic heterocycles. The Hall–Kier alpha value is -2.29. The number of methoxy groups -OCH3 is 1. The lowest BCUT2D eigenvalue weighted by molar-refractivity contribution is 0.0601. The predicted molar refractivity (Wildman–Crippen MR) is 79.6 cm³/mol. The number of ether oxygens (including phenoxy) is 1. The average molecular weight is 267 g/mol. The molecule has 2 aromatic carbocycles.